The SMILES string of the molecule is Cc1cc(C)cc(OC(=O)OC(C)C)c1. The standard InChI is InChI=1S/C12H16O3/c1-8(2)14-12(13)15-11-6-9(3)5-10(4)7-11/h5-8H,1-4H3. The minimum Gasteiger partial charge on any atom is -0.431 e. The van der Waals surface area contributed by atoms with Crippen LogP contribution in [0.5, 0.6) is 5.75 Å². The summed E-state index contributed by atoms with van der Waals surface area (Å²) in [5.41, 5.74) is 2.12. The van der Waals surface area contributed by atoms with Crippen LogP contribution < -0.4 is 4.74 Å². The van der Waals surface area contributed by atoms with Crippen LogP contribution in [0.3, 0.4) is 0 Å². The van der Waals surface area contributed by atoms with Gasteiger partial charge in [0.2, 0.25) is 0 Å². The van der Waals surface area contributed by atoms with Gasteiger partial charge in [-0.1, -0.05) is 6.07 Å². The summed E-state index contributed by atoms with van der Waals surface area (Å²) < 4.78 is 9.90. The number of hydrogen-bond donors (Lipinski definition) is 0. The maximum absolute atomic E-state index is 11.2. The molecule has 0 aromatic heterocycles. The average Bonchev–Trinajstić information content (AvgIpc) is 1.98. The normalized spacial score (nSPS) is 10.2. The van der Waals surface area contributed by atoms with Gasteiger partial charge in [0.15, 0.2) is 0 Å². The van der Waals surface area contributed by atoms with Gasteiger partial charge >= 0.3 is 6.16 Å². The summed E-state index contributed by atoms with van der Waals surface area (Å²) in [5.74, 6) is 0.526. The molecule has 0 unspecified atom stereocenters. The van der Waals surface area contributed by atoms with Crippen molar-refractivity contribution in [2.24, 2.45) is 0 Å². The van der Waals surface area contributed by atoms with E-state index in [-0.39, 0.29) is 6.10 Å². The van der Waals surface area contributed by atoms with Gasteiger partial charge in [-0.15, -0.1) is 0 Å². The summed E-state index contributed by atoms with van der Waals surface area (Å²) in [7, 11) is 0. The fraction of sp³-hybridized carbons (Fsp3) is 0.417. The lowest BCUT2D eigenvalue weighted by Crippen LogP contribution is -2.15. The summed E-state index contributed by atoms with van der Waals surface area (Å²) in [6, 6.07) is 5.61. The molecule has 1 aromatic carbocycles. The fourth-order valence-electron chi connectivity index (χ4n) is 1.30. The highest BCUT2D eigenvalue weighted by atomic mass is 16.7. The topological polar surface area (TPSA) is 35.5 Å². The summed E-state index contributed by atoms with van der Waals surface area (Å²) in [6.45, 7) is 7.47. The largest absolute Gasteiger partial charge is 0.514 e. The van der Waals surface area contributed by atoms with Crippen LogP contribution in [0.1, 0.15) is 25.0 Å². The maximum Gasteiger partial charge on any atom is 0.514 e. The minimum absolute atomic E-state index is 0.164. The van der Waals surface area contributed by atoms with Crippen molar-refractivity contribution in [3.05, 3.63) is 29.3 Å². The lowest BCUT2D eigenvalue weighted by atomic mass is 10.1. The molecule has 0 aliphatic rings. The molecular formula is C12H16O3. The van der Waals surface area contributed by atoms with Crippen LogP contribution in [-0.4, -0.2) is 12.3 Å². The van der Waals surface area contributed by atoms with Crippen molar-refractivity contribution in [3.63, 3.8) is 0 Å². The molecule has 1 rings (SSSR count). The van der Waals surface area contributed by atoms with Crippen molar-refractivity contribution in [1.82, 2.24) is 0 Å². The molecule has 0 N–H and O–H groups in total. The monoisotopic (exact) mass is 208 g/mol. The smallest absolute Gasteiger partial charge is 0.431 e. The van der Waals surface area contributed by atoms with E-state index in [0.717, 1.165) is 11.1 Å². The number of carbonyl (C=O) groups excluding carboxylic acids is 1. The molecule has 0 spiro atoms. The van der Waals surface area contributed by atoms with E-state index in [9.17, 15) is 4.79 Å². The van der Waals surface area contributed by atoms with E-state index in [0.29, 0.717) is 5.75 Å². The Morgan fingerprint density at radius 2 is 1.67 bits per heavy atom. The second-order valence-electron chi connectivity index (χ2n) is 3.84. The third-order valence-electron chi connectivity index (χ3n) is 1.73. The van der Waals surface area contributed by atoms with Crippen molar-refractivity contribution in [3.8, 4) is 5.75 Å². The Bertz CT molecular complexity index is 336. The third kappa shape index (κ3) is 4.02. The number of benzene rings is 1. The minimum atomic E-state index is -0.657. The maximum atomic E-state index is 11.2. The Morgan fingerprint density at radius 1 is 1.13 bits per heavy atom. The first-order valence-corrected chi connectivity index (χ1v) is 4.94. The molecule has 82 valence electrons. The molecular weight excluding hydrogens is 192 g/mol. The highest BCUT2D eigenvalue weighted by Gasteiger charge is 2.08. The van der Waals surface area contributed by atoms with Crippen molar-refractivity contribution in [2.75, 3.05) is 0 Å². The first-order valence-electron chi connectivity index (χ1n) is 4.94. The van der Waals surface area contributed by atoms with Crippen LogP contribution in [0, 0.1) is 13.8 Å². The molecule has 0 bridgehead atoms. The summed E-state index contributed by atoms with van der Waals surface area (Å²) >= 11 is 0. The Kier molecular flexibility index (Phi) is 3.72. The first kappa shape index (κ1) is 11.6. The van der Waals surface area contributed by atoms with E-state index in [1.165, 1.54) is 0 Å². The predicted molar refractivity (Wildman–Crippen MR) is 58.2 cm³/mol. The molecule has 15 heavy (non-hydrogen) atoms. The molecule has 0 saturated heterocycles. The first-order chi connectivity index (χ1) is 6.97. The lowest BCUT2D eigenvalue weighted by molar-refractivity contribution is 0.0729. The molecule has 0 amide bonds. The summed E-state index contributed by atoms with van der Waals surface area (Å²) in [6.07, 6.45) is -0.821. The van der Waals surface area contributed by atoms with Crippen LogP contribution in [-0.2, 0) is 4.74 Å². The Morgan fingerprint density at radius 3 is 2.13 bits per heavy atom. The van der Waals surface area contributed by atoms with E-state index >= 15 is 0 Å². The van der Waals surface area contributed by atoms with E-state index in [2.05, 4.69) is 0 Å². The zero-order chi connectivity index (χ0) is 11.4. The van der Waals surface area contributed by atoms with Gasteiger partial charge in [0.05, 0.1) is 6.10 Å². The molecule has 0 aliphatic carbocycles. The van der Waals surface area contributed by atoms with Crippen LogP contribution in [0.2, 0.25) is 0 Å². The summed E-state index contributed by atoms with van der Waals surface area (Å²) in [4.78, 5) is 11.2. The molecule has 3 nitrogen and oxygen atoms in total. The molecule has 0 aliphatic heterocycles. The zero-order valence-corrected chi connectivity index (χ0v) is 9.53. The molecule has 0 heterocycles. The Balaban J connectivity index is 2.68. The van der Waals surface area contributed by atoms with Crippen molar-refractivity contribution >= 4 is 6.16 Å². The van der Waals surface area contributed by atoms with Crippen LogP contribution in [0.25, 0.3) is 0 Å². The Labute approximate surface area is 90.0 Å². The highest BCUT2D eigenvalue weighted by Crippen LogP contribution is 2.16. The number of aryl methyl sites for hydroxylation is 2. The van der Waals surface area contributed by atoms with Gasteiger partial charge in [-0.3, -0.25) is 0 Å². The summed E-state index contributed by atoms with van der Waals surface area (Å²) in [5, 5.41) is 0. The second-order valence-corrected chi connectivity index (χ2v) is 3.84. The molecule has 0 fully saturated rings. The van der Waals surface area contributed by atoms with E-state index in [1.807, 2.05) is 19.9 Å². The zero-order valence-electron chi connectivity index (χ0n) is 9.53. The number of carbonyl (C=O) groups is 1. The van der Waals surface area contributed by atoms with Crippen LogP contribution >= 0.6 is 0 Å². The van der Waals surface area contributed by atoms with Crippen LogP contribution in [0.15, 0.2) is 18.2 Å². The molecule has 0 radical (unpaired) electrons. The average molecular weight is 208 g/mol. The van der Waals surface area contributed by atoms with E-state index < -0.39 is 6.16 Å². The van der Waals surface area contributed by atoms with E-state index in [1.54, 1.807) is 26.0 Å². The van der Waals surface area contributed by atoms with Gasteiger partial charge < -0.3 is 9.47 Å². The van der Waals surface area contributed by atoms with Crippen molar-refractivity contribution in [1.29, 1.82) is 0 Å². The number of hydrogen-bond acceptors (Lipinski definition) is 3. The van der Waals surface area contributed by atoms with Crippen molar-refractivity contribution < 1.29 is 14.3 Å². The molecule has 0 atom stereocenters. The van der Waals surface area contributed by atoms with Crippen LogP contribution in [0.4, 0.5) is 4.79 Å². The Hall–Kier alpha value is -1.51. The van der Waals surface area contributed by atoms with Gasteiger partial charge in [0, 0.05) is 0 Å². The predicted octanol–water partition coefficient (Wildman–Crippen LogP) is 3.23. The third-order valence-corrected chi connectivity index (χ3v) is 1.73. The van der Waals surface area contributed by atoms with Gasteiger partial charge in [-0.25, -0.2) is 4.79 Å². The number of ether oxygens (including phenoxy) is 2. The molecule has 1 aromatic rings. The van der Waals surface area contributed by atoms with Gasteiger partial charge in [-0.05, 0) is 51.0 Å². The molecule has 0 saturated carbocycles. The van der Waals surface area contributed by atoms with Gasteiger partial charge in [0.25, 0.3) is 0 Å². The quantitative estimate of drug-likeness (QED) is 0.553. The number of rotatable bonds is 2. The van der Waals surface area contributed by atoms with Crippen molar-refractivity contribution in [2.45, 2.75) is 33.8 Å². The van der Waals surface area contributed by atoms with Gasteiger partial charge in [0.1, 0.15) is 5.75 Å². The van der Waals surface area contributed by atoms with E-state index in [4.69, 9.17) is 9.47 Å². The highest BCUT2D eigenvalue weighted by molar-refractivity contribution is 5.64. The van der Waals surface area contributed by atoms with Gasteiger partial charge in [-0.2, -0.15) is 0 Å². The molecule has 3 heteroatoms. The fourth-order valence-corrected chi connectivity index (χ4v) is 1.30. The second kappa shape index (κ2) is 4.82. The lowest BCUT2D eigenvalue weighted by Gasteiger charge is -2.09.